The Morgan fingerprint density at radius 2 is 2.35 bits per heavy atom. The van der Waals surface area contributed by atoms with Crippen LogP contribution in [0.4, 0.5) is 11.9 Å². The lowest BCUT2D eigenvalue weighted by molar-refractivity contribution is -0.124. The average Bonchev–Trinajstić information content (AvgIpc) is 2.46. The maximum atomic E-state index is 11.9. The minimum absolute atomic E-state index is 0.0561. The van der Waals surface area contributed by atoms with Crippen molar-refractivity contribution in [3.8, 4) is 6.01 Å². The number of nitrogens with one attached hydrogen (secondary N) is 1. The Kier molecular flexibility index (Phi) is 4.51. The average molecular weight is 282 g/mol. The van der Waals surface area contributed by atoms with Crippen LogP contribution in [0.15, 0.2) is 0 Å². The number of anilines is 2. The highest BCUT2D eigenvalue weighted by atomic mass is 16.5. The summed E-state index contributed by atoms with van der Waals surface area (Å²) in [7, 11) is 1.57. The van der Waals surface area contributed by atoms with E-state index < -0.39 is 6.04 Å². The summed E-state index contributed by atoms with van der Waals surface area (Å²) in [4.78, 5) is 25.8. The van der Waals surface area contributed by atoms with Crippen molar-refractivity contribution in [2.45, 2.75) is 13.0 Å². The lowest BCUT2D eigenvalue weighted by Crippen LogP contribution is -2.54. The van der Waals surface area contributed by atoms with E-state index in [1.807, 2.05) is 6.92 Å². The molecule has 0 aliphatic carbocycles. The van der Waals surface area contributed by atoms with Gasteiger partial charge in [0, 0.05) is 13.6 Å². The van der Waals surface area contributed by atoms with Gasteiger partial charge in [-0.25, -0.2) is 0 Å². The predicted octanol–water partition coefficient (Wildman–Crippen LogP) is -1.20. The summed E-state index contributed by atoms with van der Waals surface area (Å²) in [6.07, 6.45) is 0. The van der Waals surface area contributed by atoms with E-state index >= 15 is 0 Å². The third-order valence-electron chi connectivity index (χ3n) is 2.83. The van der Waals surface area contributed by atoms with Gasteiger partial charge in [0.05, 0.1) is 19.8 Å². The van der Waals surface area contributed by atoms with E-state index in [0.29, 0.717) is 25.7 Å². The lowest BCUT2D eigenvalue weighted by atomic mass is 10.2. The van der Waals surface area contributed by atoms with Crippen LogP contribution in [0.25, 0.3) is 0 Å². The summed E-state index contributed by atoms with van der Waals surface area (Å²) in [5.74, 6) is 0.208. The van der Waals surface area contributed by atoms with Crippen LogP contribution in [0, 0.1) is 0 Å². The summed E-state index contributed by atoms with van der Waals surface area (Å²) in [6.45, 7) is 3.50. The van der Waals surface area contributed by atoms with Crippen molar-refractivity contribution in [3.63, 3.8) is 0 Å². The Morgan fingerprint density at radius 3 is 3.05 bits per heavy atom. The fourth-order valence-electron chi connectivity index (χ4n) is 1.91. The van der Waals surface area contributed by atoms with Crippen molar-refractivity contribution < 1.29 is 14.3 Å². The topological polar surface area (TPSA) is 115 Å². The summed E-state index contributed by atoms with van der Waals surface area (Å²) in [5.41, 5.74) is 5.65. The Balaban J connectivity index is 2.29. The number of hydrogen-bond donors (Lipinski definition) is 2. The van der Waals surface area contributed by atoms with Crippen molar-refractivity contribution in [2.75, 3.05) is 44.0 Å². The molecule has 0 aromatic carbocycles. The highest BCUT2D eigenvalue weighted by molar-refractivity contribution is 5.84. The summed E-state index contributed by atoms with van der Waals surface area (Å²) >= 11 is 0. The van der Waals surface area contributed by atoms with Gasteiger partial charge in [-0.1, -0.05) is 0 Å². The molecule has 20 heavy (non-hydrogen) atoms. The molecule has 0 bridgehead atoms. The second-order valence-electron chi connectivity index (χ2n) is 4.11. The minimum Gasteiger partial charge on any atom is -0.464 e. The van der Waals surface area contributed by atoms with Crippen LogP contribution in [0.5, 0.6) is 6.01 Å². The maximum absolute atomic E-state index is 11.9. The highest BCUT2D eigenvalue weighted by Gasteiger charge is 2.31. The van der Waals surface area contributed by atoms with E-state index in [9.17, 15) is 4.79 Å². The Labute approximate surface area is 116 Å². The van der Waals surface area contributed by atoms with Crippen molar-refractivity contribution >= 4 is 17.8 Å². The number of rotatable bonds is 4. The molecular weight excluding hydrogens is 264 g/mol. The summed E-state index contributed by atoms with van der Waals surface area (Å²) < 4.78 is 10.6. The van der Waals surface area contributed by atoms with Crippen LogP contribution in [-0.4, -0.2) is 60.3 Å². The molecule has 110 valence electrons. The second-order valence-corrected chi connectivity index (χ2v) is 4.11. The van der Waals surface area contributed by atoms with Gasteiger partial charge in [-0.05, 0) is 6.92 Å². The molecule has 1 unspecified atom stereocenters. The monoisotopic (exact) mass is 282 g/mol. The van der Waals surface area contributed by atoms with Gasteiger partial charge < -0.3 is 25.4 Å². The van der Waals surface area contributed by atoms with E-state index in [0.717, 1.165) is 0 Å². The van der Waals surface area contributed by atoms with Gasteiger partial charge >= 0.3 is 6.01 Å². The molecule has 2 rings (SSSR count). The van der Waals surface area contributed by atoms with E-state index in [1.54, 1.807) is 11.9 Å². The maximum Gasteiger partial charge on any atom is 0.323 e. The van der Waals surface area contributed by atoms with E-state index in [-0.39, 0.29) is 24.5 Å². The SMILES string of the molecule is CCOc1nc(N)nc(N2CCOCC2C(=O)NC)n1. The van der Waals surface area contributed by atoms with Gasteiger partial charge in [0.15, 0.2) is 0 Å². The summed E-state index contributed by atoms with van der Waals surface area (Å²) in [5, 5.41) is 2.59. The number of amides is 1. The number of carbonyl (C=O) groups is 1. The van der Waals surface area contributed by atoms with Crippen LogP contribution in [0.2, 0.25) is 0 Å². The van der Waals surface area contributed by atoms with Crippen molar-refractivity contribution in [3.05, 3.63) is 0 Å². The molecular formula is C11H18N6O3. The van der Waals surface area contributed by atoms with Gasteiger partial charge in [-0.15, -0.1) is 0 Å². The fraction of sp³-hybridized carbons (Fsp3) is 0.636. The molecule has 1 fully saturated rings. The predicted molar refractivity (Wildman–Crippen MR) is 71.4 cm³/mol. The fourth-order valence-corrected chi connectivity index (χ4v) is 1.91. The lowest BCUT2D eigenvalue weighted by Gasteiger charge is -2.34. The van der Waals surface area contributed by atoms with Crippen LogP contribution in [-0.2, 0) is 9.53 Å². The van der Waals surface area contributed by atoms with Gasteiger partial charge in [0.1, 0.15) is 6.04 Å². The van der Waals surface area contributed by atoms with Gasteiger partial charge in [0.25, 0.3) is 0 Å². The number of carbonyl (C=O) groups excluding carboxylic acids is 1. The van der Waals surface area contributed by atoms with Crippen LogP contribution in [0.1, 0.15) is 6.92 Å². The number of nitrogens with two attached hydrogens (primary N) is 1. The first kappa shape index (κ1) is 14.3. The molecule has 1 aromatic rings. The van der Waals surface area contributed by atoms with Gasteiger partial charge in [-0.3, -0.25) is 4.79 Å². The Morgan fingerprint density at radius 1 is 1.55 bits per heavy atom. The minimum atomic E-state index is -0.495. The molecule has 0 radical (unpaired) electrons. The molecule has 0 spiro atoms. The van der Waals surface area contributed by atoms with E-state index in [2.05, 4.69) is 20.3 Å². The Hall–Kier alpha value is -2.16. The van der Waals surface area contributed by atoms with Crippen molar-refractivity contribution in [1.29, 1.82) is 0 Å². The smallest absolute Gasteiger partial charge is 0.323 e. The molecule has 9 nitrogen and oxygen atoms in total. The van der Waals surface area contributed by atoms with Crippen LogP contribution < -0.4 is 20.7 Å². The third kappa shape index (κ3) is 3.05. The summed E-state index contributed by atoms with van der Waals surface area (Å²) in [6, 6.07) is -0.345. The van der Waals surface area contributed by atoms with Crippen molar-refractivity contribution in [2.24, 2.45) is 0 Å². The number of aromatic nitrogens is 3. The molecule has 1 aliphatic rings. The number of nitrogens with zero attached hydrogens (tertiary/aromatic N) is 4. The molecule has 1 aliphatic heterocycles. The third-order valence-corrected chi connectivity index (χ3v) is 2.83. The van der Waals surface area contributed by atoms with E-state index in [4.69, 9.17) is 15.2 Å². The molecule has 0 saturated carbocycles. The number of likely N-dealkylation sites (N-methyl/N-ethyl adjacent to an activating group) is 1. The first-order valence-electron chi connectivity index (χ1n) is 6.36. The molecule has 3 N–H and O–H groups in total. The largest absolute Gasteiger partial charge is 0.464 e. The first-order chi connectivity index (χ1) is 9.65. The van der Waals surface area contributed by atoms with Crippen LogP contribution in [0.3, 0.4) is 0 Å². The number of hydrogen-bond acceptors (Lipinski definition) is 8. The number of nitrogen functional groups attached to an aromatic ring is 1. The Bertz CT molecular complexity index is 483. The van der Waals surface area contributed by atoms with Crippen LogP contribution >= 0.6 is 0 Å². The highest BCUT2D eigenvalue weighted by Crippen LogP contribution is 2.18. The zero-order valence-corrected chi connectivity index (χ0v) is 11.5. The molecule has 2 heterocycles. The quantitative estimate of drug-likeness (QED) is 0.708. The molecule has 1 saturated heterocycles. The van der Waals surface area contributed by atoms with Crippen molar-refractivity contribution in [1.82, 2.24) is 20.3 Å². The number of morpholine rings is 1. The first-order valence-corrected chi connectivity index (χ1v) is 6.36. The zero-order valence-electron chi connectivity index (χ0n) is 11.5. The zero-order chi connectivity index (χ0) is 14.5. The number of ether oxygens (including phenoxy) is 2. The van der Waals surface area contributed by atoms with Gasteiger partial charge in [-0.2, -0.15) is 15.0 Å². The van der Waals surface area contributed by atoms with Gasteiger partial charge in [0.2, 0.25) is 17.8 Å². The molecule has 1 atom stereocenters. The molecule has 1 amide bonds. The second kappa shape index (κ2) is 6.33. The standard InChI is InChI=1S/C11H18N6O3/c1-3-20-11-15-9(12)14-10(16-11)17-4-5-19-6-7(17)8(18)13-2/h7H,3-6H2,1-2H3,(H,13,18)(H2,12,14,15,16). The molecule has 9 heteroatoms. The normalized spacial score (nSPS) is 18.7. The van der Waals surface area contributed by atoms with E-state index in [1.165, 1.54) is 0 Å². The molecule has 1 aromatic heterocycles.